The fourth-order valence-corrected chi connectivity index (χ4v) is 3.22. The fraction of sp³-hybridized carbons (Fsp3) is 0.643. The van der Waals surface area contributed by atoms with Crippen LogP contribution in [0.2, 0.25) is 0 Å². The Morgan fingerprint density at radius 3 is 2.95 bits per heavy atom. The van der Waals surface area contributed by atoms with Crippen molar-refractivity contribution in [2.45, 2.75) is 38.4 Å². The normalized spacial score (nSPS) is 23.3. The molecule has 0 aliphatic carbocycles. The Kier molecular flexibility index (Phi) is 5.36. The van der Waals surface area contributed by atoms with Crippen molar-refractivity contribution in [1.29, 1.82) is 0 Å². The van der Waals surface area contributed by atoms with Crippen molar-refractivity contribution in [1.82, 2.24) is 10.2 Å². The Morgan fingerprint density at radius 1 is 1.47 bits per heavy atom. The van der Waals surface area contributed by atoms with Gasteiger partial charge in [-0.2, -0.15) is 0 Å². The number of hydrogen-bond donors (Lipinski definition) is 1. The monoisotopic (exact) mass is 282 g/mol. The smallest absolute Gasteiger partial charge is 0.241 e. The van der Waals surface area contributed by atoms with Gasteiger partial charge in [0.1, 0.15) is 6.17 Å². The van der Waals surface area contributed by atoms with Crippen LogP contribution in [0, 0.1) is 0 Å². The van der Waals surface area contributed by atoms with Gasteiger partial charge in [0, 0.05) is 25.1 Å². The lowest BCUT2D eigenvalue weighted by Crippen LogP contribution is -2.31. The summed E-state index contributed by atoms with van der Waals surface area (Å²) in [6.45, 7) is 3.61. The quantitative estimate of drug-likeness (QED) is 0.781. The zero-order valence-corrected chi connectivity index (χ0v) is 12.4. The minimum Gasteiger partial charge on any atom is -0.385 e. The van der Waals surface area contributed by atoms with Crippen LogP contribution in [0.5, 0.6) is 0 Å². The fourth-order valence-electron chi connectivity index (χ4n) is 2.42. The Bertz CT molecular complexity index is 394. The summed E-state index contributed by atoms with van der Waals surface area (Å²) in [5.41, 5.74) is 0. The molecule has 1 aliphatic heterocycles. The molecule has 5 heteroatoms. The average molecular weight is 282 g/mol. The number of rotatable bonds is 7. The minimum atomic E-state index is -0.0328. The van der Waals surface area contributed by atoms with E-state index in [-0.39, 0.29) is 18.1 Å². The molecule has 19 heavy (non-hydrogen) atoms. The first kappa shape index (κ1) is 14.5. The Morgan fingerprint density at radius 2 is 2.32 bits per heavy atom. The maximum atomic E-state index is 12.3. The molecular formula is C14H22N2O2S. The summed E-state index contributed by atoms with van der Waals surface area (Å²) in [6, 6.07) is 4.10. The Hall–Kier alpha value is -0.910. The van der Waals surface area contributed by atoms with E-state index in [1.54, 1.807) is 18.4 Å². The van der Waals surface area contributed by atoms with Crippen LogP contribution < -0.4 is 5.32 Å². The number of nitrogens with zero attached hydrogens (tertiary/aromatic N) is 1. The van der Waals surface area contributed by atoms with Crippen LogP contribution >= 0.6 is 11.3 Å². The summed E-state index contributed by atoms with van der Waals surface area (Å²) >= 11 is 1.70. The molecular weight excluding hydrogens is 260 g/mol. The Labute approximate surface area is 118 Å². The molecule has 0 saturated carbocycles. The van der Waals surface area contributed by atoms with Crippen LogP contribution in [0.1, 0.15) is 37.2 Å². The van der Waals surface area contributed by atoms with E-state index in [0.717, 1.165) is 32.4 Å². The predicted molar refractivity (Wildman–Crippen MR) is 77.1 cm³/mol. The molecule has 1 aromatic rings. The Balaban J connectivity index is 2.00. The van der Waals surface area contributed by atoms with Gasteiger partial charge in [-0.15, -0.1) is 11.3 Å². The van der Waals surface area contributed by atoms with E-state index < -0.39 is 0 Å². The first-order chi connectivity index (χ1) is 9.27. The molecule has 1 aliphatic rings. The second-order valence-electron chi connectivity index (χ2n) is 4.78. The van der Waals surface area contributed by atoms with Gasteiger partial charge in [0.15, 0.2) is 0 Å². The lowest BCUT2D eigenvalue weighted by molar-refractivity contribution is -0.130. The highest BCUT2D eigenvalue weighted by Crippen LogP contribution is 2.29. The number of thiophene rings is 1. The lowest BCUT2D eigenvalue weighted by Gasteiger charge is -2.23. The summed E-state index contributed by atoms with van der Waals surface area (Å²) in [5.74, 6) is 0.235. The first-order valence-electron chi connectivity index (χ1n) is 6.86. The van der Waals surface area contributed by atoms with Gasteiger partial charge in [-0.1, -0.05) is 13.0 Å². The van der Waals surface area contributed by atoms with Crippen molar-refractivity contribution < 1.29 is 9.53 Å². The minimum absolute atomic E-state index is 0.0328. The van der Waals surface area contributed by atoms with Gasteiger partial charge in [0.05, 0.1) is 6.04 Å². The molecule has 1 fully saturated rings. The van der Waals surface area contributed by atoms with E-state index in [2.05, 4.69) is 23.7 Å². The lowest BCUT2D eigenvalue weighted by atomic mass is 10.2. The van der Waals surface area contributed by atoms with E-state index in [9.17, 15) is 4.79 Å². The van der Waals surface area contributed by atoms with Crippen LogP contribution in [0.4, 0.5) is 0 Å². The number of carbonyl (C=O) groups excluding carboxylic acids is 1. The molecule has 2 atom stereocenters. The van der Waals surface area contributed by atoms with Gasteiger partial charge in [-0.25, -0.2) is 0 Å². The van der Waals surface area contributed by atoms with E-state index in [1.807, 2.05) is 11.0 Å². The van der Waals surface area contributed by atoms with Crippen LogP contribution in [-0.4, -0.2) is 37.1 Å². The van der Waals surface area contributed by atoms with E-state index in [1.165, 1.54) is 4.88 Å². The van der Waals surface area contributed by atoms with Crippen molar-refractivity contribution in [3.8, 4) is 0 Å². The third kappa shape index (κ3) is 3.35. The second-order valence-corrected chi connectivity index (χ2v) is 5.76. The SMILES string of the molecule is CCC1NC(c2cccs2)N(CCCCOC)C1=O. The van der Waals surface area contributed by atoms with E-state index >= 15 is 0 Å². The number of amides is 1. The zero-order chi connectivity index (χ0) is 13.7. The number of carbonyl (C=O) groups is 1. The number of unbranched alkanes of at least 4 members (excludes halogenated alkanes) is 1. The molecule has 0 radical (unpaired) electrons. The molecule has 0 aromatic carbocycles. The molecule has 0 spiro atoms. The topological polar surface area (TPSA) is 41.6 Å². The molecule has 1 amide bonds. The summed E-state index contributed by atoms with van der Waals surface area (Å²) in [7, 11) is 1.71. The molecule has 0 bridgehead atoms. The molecule has 2 heterocycles. The first-order valence-corrected chi connectivity index (χ1v) is 7.74. The van der Waals surface area contributed by atoms with Crippen LogP contribution in [-0.2, 0) is 9.53 Å². The van der Waals surface area contributed by atoms with Gasteiger partial charge in [0.2, 0.25) is 5.91 Å². The highest BCUT2D eigenvalue weighted by molar-refractivity contribution is 7.10. The maximum absolute atomic E-state index is 12.3. The summed E-state index contributed by atoms with van der Waals surface area (Å²) in [4.78, 5) is 15.5. The van der Waals surface area contributed by atoms with Crippen LogP contribution in [0.3, 0.4) is 0 Å². The maximum Gasteiger partial charge on any atom is 0.241 e. The largest absolute Gasteiger partial charge is 0.385 e. The second kappa shape index (κ2) is 7.03. The zero-order valence-electron chi connectivity index (χ0n) is 11.6. The molecule has 2 unspecified atom stereocenters. The van der Waals surface area contributed by atoms with Crippen LogP contribution in [0.15, 0.2) is 17.5 Å². The van der Waals surface area contributed by atoms with Crippen molar-refractivity contribution in [3.05, 3.63) is 22.4 Å². The van der Waals surface area contributed by atoms with Gasteiger partial charge in [0.25, 0.3) is 0 Å². The van der Waals surface area contributed by atoms with Crippen molar-refractivity contribution >= 4 is 17.2 Å². The van der Waals surface area contributed by atoms with Crippen LogP contribution in [0.25, 0.3) is 0 Å². The van der Waals surface area contributed by atoms with Gasteiger partial charge >= 0.3 is 0 Å². The summed E-state index contributed by atoms with van der Waals surface area (Å²) < 4.78 is 5.06. The number of methoxy groups -OCH3 is 1. The van der Waals surface area contributed by atoms with Crippen molar-refractivity contribution in [2.75, 3.05) is 20.3 Å². The molecule has 1 aromatic heterocycles. The number of nitrogens with one attached hydrogen (secondary N) is 1. The van der Waals surface area contributed by atoms with Crippen molar-refractivity contribution in [2.24, 2.45) is 0 Å². The summed E-state index contributed by atoms with van der Waals surface area (Å²) in [6.07, 6.45) is 2.88. The molecule has 1 N–H and O–H groups in total. The predicted octanol–water partition coefficient (Wildman–Crippen LogP) is 2.38. The average Bonchev–Trinajstić information content (AvgIpc) is 3.03. The van der Waals surface area contributed by atoms with Gasteiger partial charge < -0.3 is 9.64 Å². The third-order valence-electron chi connectivity index (χ3n) is 3.47. The van der Waals surface area contributed by atoms with E-state index in [0.29, 0.717) is 0 Å². The molecule has 2 rings (SSSR count). The molecule has 1 saturated heterocycles. The number of hydrogen-bond acceptors (Lipinski definition) is 4. The van der Waals surface area contributed by atoms with Gasteiger partial charge in [-0.05, 0) is 30.7 Å². The highest BCUT2D eigenvalue weighted by atomic mass is 32.1. The van der Waals surface area contributed by atoms with Crippen molar-refractivity contribution in [3.63, 3.8) is 0 Å². The third-order valence-corrected chi connectivity index (χ3v) is 4.40. The van der Waals surface area contributed by atoms with Gasteiger partial charge in [-0.3, -0.25) is 10.1 Å². The molecule has 4 nitrogen and oxygen atoms in total. The van der Waals surface area contributed by atoms with E-state index in [4.69, 9.17) is 4.74 Å². The number of ether oxygens (including phenoxy) is 1. The standard InChI is InChI=1S/C14H22N2O2S/c1-3-11-14(17)16(8-4-5-9-18-2)13(15-11)12-7-6-10-19-12/h6-7,10-11,13,15H,3-5,8-9H2,1-2H3. The summed E-state index contributed by atoms with van der Waals surface area (Å²) in [5, 5.41) is 5.50. The molecule has 106 valence electrons. The highest BCUT2D eigenvalue weighted by Gasteiger charge is 2.38.